The monoisotopic (exact) mass is 1630 g/mol. The summed E-state index contributed by atoms with van der Waals surface area (Å²) in [6.45, 7) is 69.2. The number of hydrogen-bond donors (Lipinski definition) is 0. The highest BCUT2D eigenvalue weighted by Gasteiger charge is 2.68. The Morgan fingerprint density at radius 2 is 0.754 bits per heavy atom. The predicted molar refractivity (Wildman–Crippen MR) is 512 cm³/mol. The van der Waals surface area contributed by atoms with Gasteiger partial charge < -0.3 is 0 Å². The largest absolute Gasteiger partial charge is 0.0654 e. The van der Waals surface area contributed by atoms with Crippen molar-refractivity contribution in [1.29, 1.82) is 0 Å². The van der Waals surface area contributed by atoms with E-state index in [4.69, 9.17) is 0 Å². The van der Waals surface area contributed by atoms with Crippen LogP contribution in [-0.4, -0.2) is 0 Å². The molecule has 0 amide bonds. The summed E-state index contributed by atoms with van der Waals surface area (Å²) in [7, 11) is 0. The lowest BCUT2D eigenvalue weighted by Gasteiger charge is -2.50. The third kappa shape index (κ3) is 16.3. The first kappa shape index (κ1) is 92.7. The molecular formula is C118H208. The first-order valence-corrected chi connectivity index (χ1v) is 55.1. The van der Waals surface area contributed by atoms with Crippen molar-refractivity contribution in [3.63, 3.8) is 0 Å². The van der Waals surface area contributed by atoms with Crippen molar-refractivity contribution in [3.05, 3.63) is 0 Å². The molecule has 0 heterocycles. The van der Waals surface area contributed by atoms with E-state index >= 15 is 0 Å². The molecule has 22 bridgehead atoms. The van der Waals surface area contributed by atoms with Gasteiger partial charge in [0.1, 0.15) is 0 Å². The van der Waals surface area contributed by atoms with E-state index in [0.717, 1.165) is 169 Å². The zero-order chi connectivity index (χ0) is 85.2. The predicted octanol–water partition coefficient (Wildman–Crippen LogP) is 36.7. The smallest absolute Gasteiger partial charge is 0.0220 e. The summed E-state index contributed by atoms with van der Waals surface area (Å²) in [5.41, 5.74) is 10.2. The van der Waals surface area contributed by atoms with Crippen LogP contribution in [-0.2, 0) is 0 Å². The molecule has 0 nitrogen and oxygen atoms in total. The second-order valence-corrected chi connectivity index (χ2v) is 57.8. The maximum atomic E-state index is 2.56. The summed E-state index contributed by atoms with van der Waals surface area (Å²) < 4.78 is 0. The zero-order valence-electron chi connectivity index (χ0n) is 85.2. The number of fused-ring (bicyclic) bond motifs is 30. The third-order valence-electron chi connectivity index (χ3n) is 50.5. The Balaban J connectivity index is 0.000000103. The lowest BCUT2D eigenvalue weighted by atomic mass is 9.55. The molecular weight excluding hydrogens is 1420 g/mol. The minimum absolute atomic E-state index is 0.545. The molecule has 33 atom stereocenters. The SMILES string of the molecule is CC(C)C1(C)CC2CCC1C2.CC1(C)CC2CC1C1(CC3CCC1C3)C2.CC1(C)CC2CC1C1CCCC21.CC1(C)CC2CCC1(C)C2(C)C.CC1(C)CC2CCC1C2.CC12CCC(C1)C(C)(C)C2(C)C.CCC(C)C1(C)CC2CCC1C2.CCC1(C)CC2CC1C1CCCC21.CCC1(C)CC2CCC1C2.CCCCC1(C)CC2CCC1C2. The molecule has 0 radical (unpaired) electrons. The second-order valence-electron chi connectivity index (χ2n) is 57.8. The average Bonchev–Trinajstić information content (AvgIpc) is 1.54. The molecule has 0 heteroatoms. The molecule has 24 aliphatic rings. The molecule has 0 aliphatic heterocycles. The second kappa shape index (κ2) is 33.4. The summed E-state index contributed by atoms with van der Waals surface area (Å²) in [6, 6.07) is 0. The van der Waals surface area contributed by atoms with Crippen LogP contribution in [0.2, 0.25) is 0 Å². The van der Waals surface area contributed by atoms with Crippen LogP contribution in [0.4, 0.5) is 0 Å². The topological polar surface area (TPSA) is 0 Å². The maximum Gasteiger partial charge on any atom is -0.0220 e. The Bertz CT molecular complexity index is 3320. The van der Waals surface area contributed by atoms with Gasteiger partial charge in [0.2, 0.25) is 0 Å². The summed E-state index contributed by atoms with van der Waals surface area (Å²) in [4.78, 5) is 0. The number of hydrogen-bond acceptors (Lipinski definition) is 0. The van der Waals surface area contributed by atoms with E-state index in [0.29, 0.717) is 54.1 Å². The van der Waals surface area contributed by atoms with Crippen LogP contribution in [0.15, 0.2) is 0 Å². The summed E-state index contributed by atoms with van der Waals surface area (Å²) in [5, 5.41) is 0. The minimum Gasteiger partial charge on any atom is -0.0654 e. The Morgan fingerprint density at radius 1 is 0.305 bits per heavy atom. The quantitative estimate of drug-likeness (QED) is 0.227. The van der Waals surface area contributed by atoms with E-state index in [1.807, 2.05) is 0 Å². The van der Waals surface area contributed by atoms with Crippen molar-refractivity contribution in [3.8, 4) is 0 Å². The molecule has 118 heavy (non-hydrogen) atoms. The fraction of sp³-hybridized carbons (Fsp3) is 1.00. The highest BCUT2D eigenvalue weighted by molar-refractivity contribution is 5.18. The molecule has 0 saturated heterocycles. The molecule has 24 fully saturated rings. The Kier molecular flexibility index (Phi) is 26.3. The molecule has 33 unspecified atom stereocenters. The van der Waals surface area contributed by atoms with Gasteiger partial charge in [-0.3, -0.25) is 0 Å². The Labute approximate surface area is 738 Å². The molecule has 24 saturated carbocycles. The molecule has 24 aliphatic carbocycles. The lowest BCUT2D eigenvalue weighted by Crippen LogP contribution is -2.42. The van der Waals surface area contributed by atoms with Crippen LogP contribution < -0.4 is 0 Å². The Hall–Kier alpha value is 0. The van der Waals surface area contributed by atoms with Crippen molar-refractivity contribution in [2.75, 3.05) is 0 Å². The van der Waals surface area contributed by atoms with Gasteiger partial charge in [-0.1, -0.05) is 277 Å². The Morgan fingerprint density at radius 3 is 1.10 bits per heavy atom. The fourth-order valence-electron chi connectivity index (χ4n) is 40.8. The highest BCUT2D eigenvalue weighted by Crippen LogP contribution is 2.77. The van der Waals surface area contributed by atoms with Crippen LogP contribution in [0.1, 0.15) is 508 Å². The van der Waals surface area contributed by atoms with E-state index in [2.05, 4.69) is 194 Å². The van der Waals surface area contributed by atoms with Crippen molar-refractivity contribution >= 4 is 0 Å². The van der Waals surface area contributed by atoms with Gasteiger partial charge in [0.25, 0.3) is 0 Å². The van der Waals surface area contributed by atoms with E-state index < -0.39 is 0 Å². The maximum absolute atomic E-state index is 2.56. The summed E-state index contributed by atoms with van der Waals surface area (Å²) >= 11 is 0. The lowest BCUT2D eigenvalue weighted by molar-refractivity contribution is -0.0111. The van der Waals surface area contributed by atoms with Gasteiger partial charge in [0.05, 0.1) is 0 Å². The molecule has 24 rings (SSSR count). The molecule has 1 spiro atoms. The van der Waals surface area contributed by atoms with Gasteiger partial charge >= 0.3 is 0 Å². The molecule has 0 N–H and O–H groups in total. The molecule has 680 valence electrons. The van der Waals surface area contributed by atoms with Crippen LogP contribution in [0.3, 0.4) is 0 Å². The van der Waals surface area contributed by atoms with E-state index in [9.17, 15) is 0 Å². The summed E-state index contributed by atoms with van der Waals surface area (Å²) in [5.74, 6) is 28.5. The van der Waals surface area contributed by atoms with Crippen molar-refractivity contribution < 1.29 is 0 Å². The van der Waals surface area contributed by atoms with E-state index in [-0.39, 0.29) is 0 Å². The van der Waals surface area contributed by atoms with Gasteiger partial charge in [-0.05, 0) is 466 Å². The summed E-state index contributed by atoms with van der Waals surface area (Å²) in [6.07, 6.45) is 75.0. The third-order valence-corrected chi connectivity index (χ3v) is 50.5. The van der Waals surface area contributed by atoms with Crippen LogP contribution >= 0.6 is 0 Å². The minimum atomic E-state index is 0.545. The van der Waals surface area contributed by atoms with Gasteiger partial charge in [0.15, 0.2) is 0 Å². The van der Waals surface area contributed by atoms with Crippen molar-refractivity contribution in [2.45, 2.75) is 508 Å². The van der Waals surface area contributed by atoms with E-state index in [1.165, 1.54) is 166 Å². The standard InChI is InChI=1S/C15H24.C13H22.C12H20.4C12H22.C11H20.C10H18.C9H16/c1-14(2)7-11-6-13(14)15(9-11)8-10-3-4-12(15)5-10;1-3-13(2)8-9-7-12(13)11-6-4-5-10(9)11;1-12(2)7-8-6-11(12)10-5-3-4-9(8)10;1-10(2)9-6-7-12(5,8-9)11(10,3)4;1-10(2)8-9-6-7-12(10,5)11(9,3)4;1-4-9(2)12(3)8-10-5-6-11(12)7-10;1-3-4-7-12(2)9-10-5-6-11(12)8-10;1-8(2)11(3)7-9-4-5-10(11)6-9;1-3-10(2)7-8-4-5-9(10)6-8;1-9(2)6-7-3-4-8(9)5-7/h10-13H,3-9H2,1-2H3;9-12H,3-8H2,1-2H3;8-11H,3-7H2,1-2H3;2*9H,6-8H2,1-5H3;9-11H,4-8H2,1-3H3;10-11H,3-9H2,1-2H3;8-10H,4-7H2,1-3H3;8-9H,3-7H2,1-2H3;7-8H,3-6H2,1-2H3. The van der Waals surface area contributed by atoms with Crippen molar-refractivity contribution in [1.82, 2.24) is 0 Å². The number of unbranched alkanes of at least 4 members (excludes halogenated alkanes) is 1. The fourth-order valence-corrected chi connectivity index (χ4v) is 40.8. The zero-order valence-corrected chi connectivity index (χ0v) is 85.2. The van der Waals surface area contributed by atoms with Crippen LogP contribution in [0.5, 0.6) is 0 Å². The first-order chi connectivity index (χ1) is 55.1. The van der Waals surface area contributed by atoms with Gasteiger partial charge in [-0.2, -0.15) is 0 Å². The molecule has 0 aromatic carbocycles. The highest BCUT2D eigenvalue weighted by atomic mass is 14.7. The average molecular weight is 1630 g/mol. The molecule has 0 aromatic heterocycles. The van der Waals surface area contributed by atoms with Gasteiger partial charge in [-0.25, -0.2) is 0 Å². The van der Waals surface area contributed by atoms with Crippen LogP contribution in [0, 0.1) is 235 Å². The van der Waals surface area contributed by atoms with Gasteiger partial charge in [0, 0.05) is 0 Å². The van der Waals surface area contributed by atoms with Crippen LogP contribution in [0.25, 0.3) is 0 Å². The normalized spacial score (nSPS) is 51.4. The number of rotatable bonds is 8. The van der Waals surface area contributed by atoms with Crippen molar-refractivity contribution in [2.24, 2.45) is 235 Å². The molecule has 0 aromatic rings. The van der Waals surface area contributed by atoms with E-state index in [1.54, 1.807) is 161 Å². The van der Waals surface area contributed by atoms with Gasteiger partial charge in [-0.15, -0.1) is 0 Å². The first-order valence-electron chi connectivity index (χ1n) is 55.1.